The summed E-state index contributed by atoms with van der Waals surface area (Å²) in [5.41, 5.74) is 5.35. The summed E-state index contributed by atoms with van der Waals surface area (Å²) < 4.78 is 0. The molecule has 2 aliphatic carbocycles. The number of rotatable bonds is 4. The topological polar surface area (TPSA) is 0 Å². The number of fused-ring (bicyclic) bond motifs is 6. The highest BCUT2D eigenvalue weighted by Crippen LogP contribution is 2.61. The van der Waals surface area contributed by atoms with Crippen molar-refractivity contribution in [1.82, 2.24) is 0 Å². The molecule has 0 aromatic heterocycles. The maximum Gasteiger partial charge on any atom is 0.0217 e. The zero-order valence-electron chi connectivity index (χ0n) is 23.6. The lowest BCUT2D eigenvalue weighted by atomic mass is 9.63. The van der Waals surface area contributed by atoms with E-state index >= 15 is 0 Å². The fourth-order valence-corrected chi connectivity index (χ4v) is 10.1. The van der Waals surface area contributed by atoms with Crippen molar-refractivity contribution in [3.05, 3.63) is 186 Å². The Labute approximate surface area is 249 Å². The van der Waals surface area contributed by atoms with Crippen LogP contribution in [0.15, 0.2) is 169 Å². The van der Waals surface area contributed by atoms with Crippen LogP contribution < -0.4 is 10.6 Å². The summed E-state index contributed by atoms with van der Waals surface area (Å²) in [5, 5.41) is 9.53. The molecule has 42 heavy (non-hydrogen) atoms. The fraction of sp³-hybridized carbons (Fsp3) is 0.0732. The van der Waals surface area contributed by atoms with Crippen LogP contribution in [0.4, 0.5) is 0 Å². The highest BCUT2D eigenvalue weighted by molar-refractivity contribution is 7.77. The van der Waals surface area contributed by atoms with E-state index in [0.29, 0.717) is 0 Å². The predicted molar refractivity (Wildman–Crippen MR) is 182 cm³/mol. The summed E-state index contributed by atoms with van der Waals surface area (Å²) in [5.74, 6) is 0.226. The molecule has 6 aromatic rings. The zero-order valence-corrected chi connectivity index (χ0v) is 24.5. The summed E-state index contributed by atoms with van der Waals surface area (Å²) in [6.45, 7) is 2.44. The van der Waals surface area contributed by atoms with Crippen molar-refractivity contribution in [1.29, 1.82) is 0 Å². The summed E-state index contributed by atoms with van der Waals surface area (Å²) >= 11 is 0. The van der Waals surface area contributed by atoms with Gasteiger partial charge in [0.2, 0.25) is 0 Å². The van der Waals surface area contributed by atoms with Gasteiger partial charge < -0.3 is 0 Å². The van der Waals surface area contributed by atoms with E-state index in [1.54, 1.807) is 0 Å². The zero-order chi connectivity index (χ0) is 28.1. The molecule has 0 saturated carbocycles. The molecule has 0 spiro atoms. The first-order valence-corrected chi connectivity index (χ1v) is 16.1. The average molecular weight is 555 g/mol. The van der Waals surface area contributed by atoms with Gasteiger partial charge in [0.1, 0.15) is 0 Å². The van der Waals surface area contributed by atoms with Crippen LogP contribution in [0.2, 0.25) is 0 Å². The maximum absolute atomic E-state index is 2.47. The van der Waals surface area contributed by atoms with E-state index in [-0.39, 0.29) is 11.3 Å². The molecule has 0 N–H and O–H groups in total. The molecule has 8 rings (SSSR count). The lowest BCUT2D eigenvalue weighted by molar-refractivity contribution is 0.485. The Kier molecular flexibility index (Phi) is 6.06. The Morgan fingerprint density at radius 3 is 1.88 bits per heavy atom. The van der Waals surface area contributed by atoms with E-state index < -0.39 is 7.92 Å². The van der Waals surface area contributed by atoms with E-state index in [9.17, 15) is 0 Å². The largest absolute Gasteiger partial charge is 0.0757 e. The van der Waals surface area contributed by atoms with E-state index in [0.717, 1.165) is 0 Å². The summed E-state index contributed by atoms with van der Waals surface area (Å²) in [6.07, 6.45) is 9.42. The molecule has 0 nitrogen and oxygen atoms in total. The molecule has 2 aliphatic rings. The molecule has 200 valence electrons. The van der Waals surface area contributed by atoms with Crippen molar-refractivity contribution >= 4 is 45.6 Å². The quantitative estimate of drug-likeness (QED) is 0.150. The monoisotopic (exact) mass is 554 g/mol. The van der Waals surface area contributed by atoms with Crippen LogP contribution in [0.1, 0.15) is 23.6 Å². The van der Waals surface area contributed by atoms with Crippen molar-refractivity contribution in [2.75, 3.05) is 0 Å². The highest BCUT2D eigenvalue weighted by atomic mass is 31.1. The SMILES string of the molecule is CC12C=CC=CC1C(P(c1ccccc1)c1ccccc1)=C(c1cc3ccccc3c3ccccc13)c1ccccc12. The Morgan fingerprint density at radius 1 is 0.548 bits per heavy atom. The third-order valence-electron chi connectivity index (χ3n) is 9.14. The first-order chi connectivity index (χ1) is 20.7. The van der Waals surface area contributed by atoms with Crippen molar-refractivity contribution in [2.45, 2.75) is 12.3 Å². The van der Waals surface area contributed by atoms with E-state index in [2.05, 4.69) is 171 Å². The minimum absolute atomic E-state index is 0.138. The van der Waals surface area contributed by atoms with Crippen LogP contribution in [-0.2, 0) is 5.41 Å². The number of hydrogen-bond acceptors (Lipinski definition) is 0. The molecule has 0 radical (unpaired) electrons. The maximum atomic E-state index is 2.47. The van der Waals surface area contributed by atoms with Crippen LogP contribution in [0, 0.1) is 5.92 Å². The number of benzene rings is 6. The number of hydrogen-bond donors (Lipinski definition) is 0. The molecule has 0 heterocycles. The van der Waals surface area contributed by atoms with Crippen molar-refractivity contribution in [2.24, 2.45) is 5.92 Å². The van der Waals surface area contributed by atoms with Gasteiger partial charge in [-0.25, -0.2) is 0 Å². The van der Waals surface area contributed by atoms with Crippen LogP contribution in [0.5, 0.6) is 0 Å². The van der Waals surface area contributed by atoms with Crippen LogP contribution >= 0.6 is 7.92 Å². The minimum atomic E-state index is -0.836. The van der Waals surface area contributed by atoms with Crippen molar-refractivity contribution < 1.29 is 0 Å². The molecule has 6 aromatic carbocycles. The fourth-order valence-electron chi connectivity index (χ4n) is 7.21. The molecular formula is C41H31P. The van der Waals surface area contributed by atoms with Crippen molar-refractivity contribution in [3.8, 4) is 0 Å². The van der Waals surface area contributed by atoms with Gasteiger partial charge in [0, 0.05) is 11.3 Å². The Balaban J connectivity index is 1.58. The van der Waals surface area contributed by atoms with Crippen LogP contribution in [0.25, 0.3) is 27.1 Å². The first-order valence-electron chi connectivity index (χ1n) is 14.8. The van der Waals surface area contributed by atoms with Gasteiger partial charge in [0.15, 0.2) is 0 Å². The molecule has 2 unspecified atom stereocenters. The van der Waals surface area contributed by atoms with Gasteiger partial charge >= 0.3 is 0 Å². The second-order valence-corrected chi connectivity index (χ2v) is 13.7. The Bertz CT molecular complexity index is 2010. The van der Waals surface area contributed by atoms with Crippen LogP contribution in [-0.4, -0.2) is 0 Å². The van der Waals surface area contributed by atoms with E-state index in [1.807, 2.05) is 0 Å². The van der Waals surface area contributed by atoms with Gasteiger partial charge in [0.05, 0.1) is 0 Å². The Morgan fingerprint density at radius 2 is 1.14 bits per heavy atom. The predicted octanol–water partition coefficient (Wildman–Crippen LogP) is 9.90. The molecule has 2 atom stereocenters. The summed E-state index contributed by atoms with van der Waals surface area (Å²) in [7, 11) is -0.836. The molecule has 0 fully saturated rings. The molecule has 0 aliphatic heterocycles. The van der Waals surface area contributed by atoms with Gasteiger partial charge in [-0.1, -0.05) is 165 Å². The van der Waals surface area contributed by atoms with Gasteiger partial charge in [-0.15, -0.1) is 0 Å². The summed E-state index contributed by atoms with van der Waals surface area (Å²) in [6, 6.07) is 51.9. The second-order valence-electron chi connectivity index (χ2n) is 11.5. The standard InChI is InChI=1S/C41H31P/c1-41-27-15-14-26-38(41)40(42(30-17-4-2-5-18-30)31-19-6-3-7-20-31)39(35-24-12-13-25-37(35)41)36-28-29-16-8-9-21-32(29)33-22-10-11-23-34(33)36/h2-28,38H,1H3. The third-order valence-corrected chi connectivity index (χ3v) is 11.8. The average Bonchev–Trinajstić information content (AvgIpc) is 3.06. The van der Waals surface area contributed by atoms with Crippen molar-refractivity contribution in [3.63, 3.8) is 0 Å². The molecule has 0 bridgehead atoms. The molecule has 0 saturated heterocycles. The lowest BCUT2D eigenvalue weighted by Gasteiger charge is -2.46. The van der Waals surface area contributed by atoms with Gasteiger partial charge in [-0.2, -0.15) is 0 Å². The third kappa shape index (κ3) is 3.87. The lowest BCUT2D eigenvalue weighted by Crippen LogP contribution is -2.37. The first kappa shape index (κ1) is 25.2. The van der Waals surface area contributed by atoms with Gasteiger partial charge in [0.25, 0.3) is 0 Å². The summed E-state index contributed by atoms with van der Waals surface area (Å²) in [4.78, 5) is 0. The molecule has 0 amide bonds. The van der Waals surface area contributed by atoms with Crippen LogP contribution in [0.3, 0.4) is 0 Å². The highest BCUT2D eigenvalue weighted by Gasteiger charge is 2.45. The van der Waals surface area contributed by atoms with Gasteiger partial charge in [-0.3, -0.25) is 0 Å². The van der Waals surface area contributed by atoms with Gasteiger partial charge in [-0.05, 0) is 73.7 Å². The minimum Gasteiger partial charge on any atom is -0.0757 e. The smallest absolute Gasteiger partial charge is 0.0217 e. The Hall–Kier alpha value is -4.51. The molecule has 1 heteroatoms. The number of allylic oxidation sites excluding steroid dienone is 5. The normalized spacial score (nSPS) is 19.3. The molecular weight excluding hydrogens is 523 g/mol. The second kappa shape index (κ2) is 10.1. The van der Waals surface area contributed by atoms with E-state index in [4.69, 9.17) is 0 Å². The van der Waals surface area contributed by atoms with E-state index in [1.165, 1.54) is 59.7 Å².